The molecular formula is C18H10F3N2O3S-. The first-order valence-electron chi connectivity index (χ1n) is 7.50. The fourth-order valence-corrected chi connectivity index (χ4v) is 3.06. The van der Waals surface area contributed by atoms with Gasteiger partial charge in [0.05, 0.1) is 22.1 Å². The maximum atomic E-state index is 12.8. The van der Waals surface area contributed by atoms with Crippen molar-refractivity contribution >= 4 is 40.6 Å². The Morgan fingerprint density at radius 1 is 1.15 bits per heavy atom. The standard InChI is InChI=1S/C18H11F3N2O3S/c19-18(20,21)12-2-1-3-13(9-12)22-17-23-15(24)14(27-17)8-10-4-6-11(7-5-10)16(25)26/h1-9H,(H,25,26)(H,22,23,24)/p-1/b14-8-. The number of carbonyl (C=O) groups is 2. The molecule has 1 aliphatic heterocycles. The number of alkyl halides is 3. The number of carboxylic acid groups (broad SMARTS) is 1. The number of benzene rings is 2. The Balaban J connectivity index is 1.81. The molecule has 2 aromatic rings. The maximum absolute atomic E-state index is 12.8. The molecule has 0 radical (unpaired) electrons. The molecule has 0 saturated carbocycles. The van der Waals surface area contributed by atoms with E-state index in [4.69, 9.17) is 0 Å². The summed E-state index contributed by atoms with van der Waals surface area (Å²) in [6.45, 7) is 0. The Bertz CT molecular complexity index is 967. The van der Waals surface area contributed by atoms with Crippen molar-refractivity contribution in [1.29, 1.82) is 0 Å². The second-order valence-corrected chi connectivity index (χ2v) is 6.47. The van der Waals surface area contributed by atoms with Crippen molar-refractivity contribution in [2.24, 2.45) is 4.99 Å². The van der Waals surface area contributed by atoms with Gasteiger partial charge in [-0.2, -0.15) is 13.2 Å². The van der Waals surface area contributed by atoms with Gasteiger partial charge in [-0.1, -0.05) is 30.3 Å². The summed E-state index contributed by atoms with van der Waals surface area (Å²) in [6, 6.07) is 10.2. The van der Waals surface area contributed by atoms with Gasteiger partial charge in [-0.3, -0.25) is 4.79 Å². The van der Waals surface area contributed by atoms with Gasteiger partial charge in [0, 0.05) is 0 Å². The predicted molar refractivity (Wildman–Crippen MR) is 93.0 cm³/mol. The summed E-state index contributed by atoms with van der Waals surface area (Å²) in [5, 5.41) is 13.4. The number of carboxylic acids is 1. The molecule has 1 N–H and O–H groups in total. The molecule has 0 aliphatic carbocycles. The van der Waals surface area contributed by atoms with Gasteiger partial charge in [0.25, 0.3) is 5.91 Å². The van der Waals surface area contributed by atoms with Crippen LogP contribution in [-0.4, -0.2) is 17.0 Å². The summed E-state index contributed by atoms with van der Waals surface area (Å²) in [4.78, 5) is 27.1. The van der Waals surface area contributed by atoms with Crippen molar-refractivity contribution in [3.05, 3.63) is 70.1 Å². The van der Waals surface area contributed by atoms with Gasteiger partial charge in [-0.25, -0.2) is 4.99 Å². The molecule has 0 unspecified atom stereocenters. The number of rotatable bonds is 3. The van der Waals surface area contributed by atoms with Crippen LogP contribution < -0.4 is 10.4 Å². The molecule has 1 aliphatic rings. The van der Waals surface area contributed by atoms with E-state index >= 15 is 0 Å². The molecular weight excluding hydrogens is 381 g/mol. The van der Waals surface area contributed by atoms with Gasteiger partial charge >= 0.3 is 6.18 Å². The Kier molecular flexibility index (Phi) is 5.04. The van der Waals surface area contributed by atoms with Gasteiger partial charge in [0.2, 0.25) is 0 Å². The van der Waals surface area contributed by atoms with E-state index in [1.165, 1.54) is 42.5 Å². The quantitative estimate of drug-likeness (QED) is 0.816. The SMILES string of the molecule is O=C1NC(=Nc2cccc(C(F)(F)F)c2)S/C1=C\c1ccc(C(=O)[O-])cc1. The zero-order chi connectivity index (χ0) is 19.6. The van der Waals surface area contributed by atoms with E-state index in [-0.39, 0.29) is 21.3 Å². The third-order valence-electron chi connectivity index (χ3n) is 3.50. The minimum absolute atomic E-state index is 0.00692. The van der Waals surface area contributed by atoms with Crippen LogP contribution in [0.1, 0.15) is 21.5 Å². The number of amidine groups is 1. The van der Waals surface area contributed by atoms with E-state index in [1.54, 1.807) is 0 Å². The van der Waals surface area contributed by atoms with Crippen LogP contribution in [0.3, 0.4) is 0 Å². The van der Waals surface area contributed by atoms with E-state index < -0.39 is 23.6 Å². The zero-order valence-corrected chi connectivity index (χ0v) is 14.2. The maximum Gasteiger partial charge on any atom is 0.416 e. The van der Waals surface area contributed by atoms with Gasteiger partial charge in [0.15, 0.2) is 5.17 Å². The second-order valence-electron chi connectivity index (χ2n) is 5.44. The lowest BCUT2D eigenvalue weighted by Crippen LogP contribution is -2.21. The zero-order valence-electron chi connectivity index (χ0n) is 13.4. The van der Waals surface area contributed by atoms with Crippen LogP contribution in [-0.2, 0) is 11.0 Å². The number of hydrogen-bond acceptors (Lipinski definition) is 5. The predicted octanol–water partition coefficient (Wildman–Crippen LogP) is 2.96. The lowest BCUT2D eigenvalue weighted by molar-refractivity contribution is -0.255. The molecule has 1 fully saturated rings. The molecule has 3 rings (SSSR count). The largest absolute Gasteiger partial charge is 0.545 e. The molecule has 5 nitrogen and oxygen atoms in total. The first-order chi connectivity index (χ1) is 12.7. The highest BCUT2D eigenvalue weighted by molar-refractivity contribution is 8.18. The molecule has 138 valence electrons. The van der Waals surface area contributed by atoms with E-state index in [0.717, 1.165) is 23.9 Å². The van der Waals surface area contributed by atoms with E-state index in [9.17, 15) is 27.9 Å². The minimum Gasteiger partial charge on any atom is -0.545 e. The van der Waals surface area contributed by atoms with Crippen molar-refractivity contribution < 1.29 is 27.9 Å². The second kappa shape index (κ2) is 7.28. The summed E-state index contributed by atoms with van der Waals surface area (Å²) in [5.74, 6) is -1.76. The third-order valence-corrected chi connectivity index (χ3v) is 4.41. The monoisotopic (exact) mass is 391 g/mol. The van der Waals surface area contributed by atoms with E-state index in [0.29, 0.717) is 5.56 Å². The molecule has 0 aromatic heterocycles. The van der Waals surface area contributed by atoms with Gasteiger partial charge in [0.1, 0.15) is 0 Å². The van der Waals surface area contributed by atoms with Gasteiger partial charge in [-0.15, -0.1) is 0 Å². The Labute approximate surface area is 155 Å². The number of amides is 1. The number of aromatic carboxylic acids is 1. The lowest BCUT2D eigenvalue weighted by atomic mass is 10.1. The van der Waals surface area contributed by atoms with Crippen LogP contribution in [0.2, 0.25) is 0 Å². The highest BCUT2D eigenvalue weighted by atomic mass is 32.2. The summed E-state index contributed by atoms with van der Waals surface area (Å²) in [6.07, 6.45) is -2.96. The number of nitrogens with one attached hydrogen (secondary N) is 1. The van der Waals surface area contributed by atoms with Gasteiger partial charge < -0.3 is 15.2 Å². The molecule has 1 saturated heterocycles. The fraction of sp³-hybridized carbons (Fsp3) is 0.0556. The van der Waals surface area contributed by atoms with Crippen LogP contribution in [0.15, 0.2) is 58.4 Å². The van der Waals surface area contributed by atoms with Crippen molar-refractivity contribution in [2.45, 2.75) is 6.18 Å². The van der Waals surface area contributed by atoms with Gasteiger partial charge in [-0.05, 0) is 47.2 Å². The molecule has 0 atom stereocenters. The van der Waals surface area contributed by atoms with Crippen molar-refractivity contribution in [2.75, 3.05) is 0 Å². The summed E-state index contributed by atoms with van der Waals surface area (Å²) in [5.41, 5.74) is -0.180. The normalized spacial score (nSPS) is 17.4. The smallest absolute Gasteiger partial charge is 0.416 e. The average molecular weight is 391 g/mol. The molecule has 1 heterocycles. The van der Waals surface area contributed by atoms with Crippen LogP contribution >= 0.6 is 11.8 Å². The van der Waals surface area contributed by atoms with Crippen molar-refractivity contribution in [3.8, 4) is 0 Å². The van der Waals surface area contributed by atoms with E-state index in [2.05, 4.69) is 10.3 Å². The Morgan fingerprint density at radius 3 is 2.48 bits per heavy atom. The number of carbonyl (C=O) groups excluding carboxylic acids is 2. The third kappa shape index (κ3) is 4.56. The molecule has 2 aromatic carbocycles. The Morgan fingerprint density at radius 2 is 1.85 bits per heavy atom. The van der Waals surface area contributed by atoms with Crippen LogP contribution in [0.4, 0.5) is 18.9 Å². The Hall–Kier alpha value is -3.07. The van der Waals surface area contributed by atoms with Crippen molar-refractivity contribution in [3.63, 3.8) is 0 Å². The molecule has 0 spiro atoms. The van der Waals surface area contributed by atoms with Crippen LogP contribution in [0.5, 0.6) is 0 Å². The van der Waals surface area contributed by atoms with Crippen molar-refractivity contribution in [1.82, 2.24) is 5.32 Å². The summed E-state index contributed by atoms with van der Waals surface area (Å²) in [7, 11) is 0. The fourth-order valence-electron chi connectivity index (χ4n) is 2.22. The topological polar surface area (TPSA) is 81.6 Å². The number of hydrogen-bond donors (Lipinski definition) is 1. The highest BCUT2D eigenvalue weighted by Crippen LogP contribution is 2.33. The number of nitrogens with zero attached hydrogens (tertiary/aromatic N) is 1. The first kappa shape index (κ1) is 18.7. The highest BCUT2D eigenvalue weighted by Gasteiger charge is 2.30. The number of aliphatic imine (C=N–C) groups is 1. The van der Waals surface area contributed by atoms with Crippen LogP contribution in [0, 0.1) is 0 Å². The average Bonchev–Trinajstić information content (AvgIpc) is 2.94. The number of halogens is 3. The minimum atomic E-state index is -4.48. The number of thioether (sulfide) groups is 1. The molecule has 1 amide bonds. The molecule has 27 heavy (non-hydrogen) atoms. The van der Waals surface area contributed by atoms with E-state index in [1.807, 2.05) is 0 Å². The molecule has 9 heteroatoms. The lowest BCUT2D eigenvalue weighted by Gasteiger charge is -2.06. The first-order valence-corrected chi connectivity index (χ1v) is 8.32. The summed E-state index contributed by atoms with van der Waals surface area (Å²) >= 11 is 0.973. The van der Waals surface area contributed by atoms with Crippen LogP contribution in [0.25, 0.3) is 6.08 Å². The molecule has 0 bridgehead atoms. The summed E-state index contributed by atoms with van der Waals surface area (Å²) < 4.78 is 38.3.